The minimum atomic E-state index is -3.75. The predicted molar refractivity (Wildman–Crippen MR) is 144 cm³/mol. The average Bonchev–Trinajstić information content (AvgIpc) is 2.82. The van der Waals surface area contributed by atoms with Gasteiger partial charge in [-0.3, -0.25) is 14.8 Å². The number of benzene rings is 3. The van der Waals surface area contributed by atoms with Crippen LogP contribution in [-0.4, -0.2) is 26.0 Å². The highest BCUT2D eigenvalue weighted by atomic mass is 32.2. The molecule has 0 saturated carbocycles. The maximum atomic E-state index is 12.7. The van der Waals surface area contributed by atoms with Crippen LogP contribution in [0.15, 0.2) is 71.6 Å². The molecule has 184 valence electrons. The first-order chi connectivity index (χ1) is 16.7. The summed E-state index contributed by atoms with van der Waals surface area (Å²) < 4.78 is 33.8. The molecule has 3 N–H and O–H groups in total. The van der Waals surface area contributed by atoms with Crippen LogP contribution in [0.25, 0.3) is 0 Å². The number of carbonyl (C=O) groups is 1. The molecule has 0 aliphatic heterocycles. The number of rotatable bonds is 9. The fourth-order valence-electron chi connectivity index (χ4n) is 3.18. The molecule has 0 aliphatic rings. The molecular formula is C26H29N3O4S2. The van der Waals surface area contributed by atoms with Gasteiger partial charge in [-0.25, -0.2) is 8.42 Å². The molecule has 9 heteroatoms. The summed E-state index contributed by atoms with van der Waals surface area (Å²) in [5.41, 5.74) is 3.49. The molecular weight excluding hydrogens is 482 g/mol. The normalized spacial score (nSPS) is 10.9. The molecule has 3 aromatic carbocycles. The van der Waals surface area contributed by atoms with Crippen molar-refractivity contribution in [1.82, 2.24) is 5.32 Å². The Morgan fingerprint density at radius 1 is 0.943 bits per heavy atom. The van der Waals surface area contributed by atoms with Gasteiger partial charge in [0.1, 0.15) is 5.75 Å². The van der Waals surface area contributed by atoms with Crippen molar-refractivity contribution in [2.75, 3.05) is 16.6 Å². The lowest BCUT2D eigenvalue weighted by Crippen LogP contribution is -2.34. The maximum Gasteiger partial charge on any atom is 0.261 e. The monoisotopic (exact) mass is 511 g/mol. The highest BCUT2D eigenvalue weighted by Gasteiger charge is 2.16. The zero-order valence-corrected chi connectivity index (χ0v) is 21.6. The summed E-state index contributed by atoms with van der Waals surface area (Å²) in [6.07, 6.45) is 1.88. The molecule has 3 aromatic rings. The van der Waals surface area contributed by atoms with E-state index in [-0.39, 0.29) is 10.0 Å². The van der Waals surface area contributed by atoms with Crippen molar-refractivity contribution < 1.29 is 17.9 Å². The van der Waals surface area contributed by atoms with Crippen molar-refractivity contribution in [3.8, 4) is 5.75 Å². The predicted octanol–water partition coefficient (Wildman–Crippen LogP) is 5.41. The van der Waals surface area contributed by atoms with E-state index in [0.29, 0.717) is 29.3 Å². The minimum absolute atomic E-state index is 0.0854. The molecule has 1 amide bonds. The molecule has 0 aromatic heterocycles. The second-order valence-corrected chi connectivity index (χ2v) is 10.1. The number of hydrogen-bond acceptors (Lipinski definition) is 5. The number of ether oxygens (including phenoxy) is 1. The van der Waals surface area contributed by atoms with Gasteiger partial charge in [0.25, 0.3) is 15.9 Å². The summed E-state index contributed by atoms with van der Waals surface area (Å²) in [4.78, 5) is 12.8. The third-order valence-electron chi connectivity index (χ3n) is 5.30. The largest absolute Gasteiger partial charge is 0.493 e. The standard InChI is InChI=1S/C26H29N3O4S2/c1-4-5-16-33-24-9-7-6-8-23(24)25(30)28-26(34)27-20-12-14-22(15-13-20)35(31,32)29-21-11-10-18(2)19(3)17-21/h6-15,17,29H,4-5,16H2,1-3H3,(H2,27,28,30,34). The van der Waals surface area contributed by atoms with Gasteiger partial charge in [-0.15, -0.1) is 0 Å². The number of nitrogens with one attached hydrogen (secondary N) is 3. The summed E-state index contributed by atoms with van der Waals surface area (Å²) in [6, 6.07) is 18.4. The molecule has 0 unspecified atom stereocenters. The maximum absolute atomic E-state index is 12.7. The van der Waals surface area contributed by atoms with Gasteiger partial charge >= 0.3 is 0 Å². The number of carbonyl (C=O) groups excluding carboxylic acids is 1. The molecule has 0 atom stereocenters. The summed E-state index contributed by atoms with van der Waals surface area (Å²) in [7, 11) is -3.75. The zero-order valence-electron chi connectivity index (χ0n) is 19.9. The highest BCUT2D eigenvalue weighted by molar-refractivity contribution is 7.92. The Balaban J connectivity index is 1.62. The van der Waals surface area contributed by atoms with Gasteiger partial charge < -0.3 is 10.1 Å². The first kappa shape index (κ1) is 26.2. The molecule has 0 heterocycles. The third kappa shape index (κ3) is 7.27. The minimum Gasteiger partial charge on any atom is -0.493 e. The van der Waals surface area contributed by atoms with E-state index in [2.05, 4.69) is 22.3 Å². The van der Waals surface area contributed by atoms with E-state index in [4.69, 9.17) is 17.0 Å². The summed E-state index contributed by atoms with van der Waals surface area (Å²) in [6.45, 7) is 6.48. The van der Waals surface area contributed by atoms with Crippen LogP contribution < -0.4 is 20.1 Å². The molecule has 3 rings (SSSR count). The van der Waals surface area contributed by atoms with Gasteiger partial charge in [0.05, 0.1) is 17.1 Å². The number of sulfonamides is 1. The van der Waals surface area contributed by atoms with Crippen LogP contribution in [0, 0.1) is 13.8 Å². The summed E-state index contributed by atoms with van der Waals surface area (Å²) in [5, 5.41) is 5.62. The number of thiocarbonyl (C=S) groups is 1. The Morgan fingerprint density at radius 2 is 1.63 bits per heavy atom. The van der Waals surface area contributed by atoms with Crippen LogP contribution in [0.5, 0.6) is 5.75 Å². The molecule has 0 bridgehead atoms. The van der Waals surface area contributed by atoms with E-state index in [1.54, 1.807) is 48.5 Å². The van der Waals surface area contributed by atoms with Gasteiger partial charge in [0.15, 0.2) is 5.11 Å². The van der Waals surface area contributed by atoms with Gasteiger partial charge in [-0.2, -0.15) is 0 Å². The van der Waals surface area contributed by atoms with Crippen LogP contribution >= 0.6 is 12.2 Å². The molecule has 35 heavy (non-hydrogen) atoms. The molecule has 0 saturated heterocycles. The number of anilines is 2. The topological polar surface area (TPSA) is 96.5 Å². The first-order valence-corrected chi connectivity index (χ1v) is 13.1. The number of para-hydroxylation sites is 1. The van der Waals surface area contributed by atoms with Gasteiger partial charge in [-0.1, -0.05) is 31.5 Å². The summed E-state index contributed by atoms with van der Waals surface area (Å²) in [5.74, 6) is 0.0958. The highest BCUT2D eigenvalue weighted by Crippen LogP contribution is 2.21. The Morgan fingerprint density at radius 3 is 2.31 bits per heavy atom. The number of unbranched alkanes of at least 4 members (excludes halogenated alkanes) is 1. The van der Waals surface area contributed by atoms with Crippen molar-refractivity contribution in [2.24, 2.45) is 0 Å². The Kier molecular flexibility index (Phi) is 8.84. The van der Waals surface area contributed by atoms with Crippen LogP contribution in [0.4, 0.5) is 11.4 Å². The third-order valence-corrected chi connectivity index (χ3v) is 6.90. The van der Waals surface area contributed by atoms with Crippen LogP contribution in [0.1, 0.15) is 41.3 Å². The lowest BCUT2D eigenvalue weighted by molar-refractivity contribution is 0.0973. The molecule has 0 radical (unpaired) electrons. The number of hydrogen-bond donors (Lipinski definition) is 3. The van der Waals surface area contributed by atoms with Crippen LogP contribution in [0.3, 0.4) is 0 Å². The Bertz CT molecular complexity index is 1310. The van der Waals surface area contributed by atoms with E-state index in [1.807, 2.05) is 19.9 Å². The summed E-state index contributed by atoms with van der Waals surface area (Å²) >= 11 is 5.26. The van der Waals surface area contributed by atoms with Crippen molar-refractivity contribution in [2.45, 2.75) is 38.5 Å². The van der Waals surface area contributed by atoms with E-state index in [1.165, 1.54) is 12.1 Å². The van der Waals surface area contributed by atoms with E-state index >= 15 is 0 Å². The molecule has 7 nitrogen and oxygen atoms in total. The van der Waals surface area contributed by atoms with E-state index < -0.39 is 15.9 Å². The molecule has 0 spiro atoms. The second-order valence-electron chi connectivity index (χ2n) is 8.04. The van der Waals surface area contributed by atoms with Gasteiger partial charge in [0, 0.05) is 11.4 Å². The van der Waals surface area contributed by atoms with Crippen LogP contribution in [-0.2, 0) is 10.0 Å². The lowest BCUT2D eigenvalue weighted by atomic mass is 10.1. The number of amides is 1. The van der Waals surface area contributed by atoms with Crippen molar-refractivity contribution >= 4 is 44.6 Å². The zero-order chi connectivity index (χ0) is 25.4. The van der Waals surface area contributed by atoms with E-state index in [9.17, 15) is 13.2 Å². The fraction of sp³-hybridized carbons (Fsp3) is 0.231. The molecule has 0 fully saturated rings. The van der Waals surface area contributed by atoms with Crippen molar-refractivity contribution in [3.05, 3.63) is 83.4 Å². The van der Waals surface area contributed by atoms with Crippen LogP contribution in [0.2, 0.25) is 0 Å². The van der Waals surface area contributed by atoms with Gasteiger partial charge in [-0.05, 0) is 92.1 Å². The fourth-order valence-corrected chi connectivity index (χ4v) is 4.44. The Hall–Kier alpha value is -3.43. The number of aryl methyl sites for hydroxylation is 2. The molecule has 0 aliphatic carbocycles. The average molecular weight is 512 g/mol. The van der Waals surface area contributed by atoms with Crippen molar-refractivity contribution in [1.29, 1.82) is 0 Å². The lowest BCUT2D eigenvalue weighted by Gasteiger charge is -2.13. The van der Waals surface area contributed by atoms with E-state index in [0.717, 1.165) is 24.0 Å². The quantitative estimate of drug-likeness (QED) is 0.263. The van der Waals surface area contributed by atoms with Gasteiger partial charge in [0.2, 0.25) is 0 Å². The smallest absolute Gasteiger partial charge is 0.261 e. The Labute approximate surface area is 212 Å². The SMILES string of the molecule is CCCCOc1ccccc1C(=O)NC(=S)Nc1ccc(S(=O)(=O)Nc2ccc(C)c(C)c2)cc1. The first-order valence-electron chi connectivity index (χ1n) is 11.2. The second kappa shape index (κ2) is 11.8. The van der Waals surface area contributed by atoms with Crippen molar-refractivity contribution in [3.63, 3.8) is 0 Å².